The predicted molar refractivity (Wildman–Crippen MR) is 47.6 cm³/mol. The van der Waals surface area contributed by atoms with Crippen LogP contribution in [-0.4, -0.2) is 24.5 Å². The third-order valence-corrected chi connectivity index (χ3v) is 1.01. The van der Waals surface area contributed by atoms with Gasteiger partial charge in [-0.2, -0.15) is 0 Å². The van der Waals surface area contributed by atoms with E-state index in [-0.39, 0.29) is 24.4 Å². The Balaban J connectivity index is 0. The van der Waals surface area contributed by atoms with E-state index in [1.54, 1.807) is 6.92 Å². The van der Waals surface area contributed by atoms with Crippen molar-refractivity contribution in [3.05, 3.63) is 0 Å². The molecule has 0 saturated heterocycles. The first kappa shape index (κ1) is 13.3. The summed E-state index contributed by atoms with van der Waals surface area (Å²) in [5, 5.41) is 2.59. The van der Waals surface area contributed by atoms with Crippen molar-refractivity contribution in [2.24, 2.45) is 11.5 Å². The Morgan fingerprint density at radius 3 is 2.18 bits per heavy atom. The standard InChI is InChI=1S/C6H15N3O.ClH/c1-4(7)3-9-6(10)5(2)8;/h4-5H,3,7-8H2,1-2H3,(H,9,10);1H. The van der Waals surface area contributed by atoms with Gasteiger partial charge in [0.1, 0.15) is 0 Å². The Morgan fingerprint density at radius 1 is 1.45 bits per heavy atom. The number of hydrogen-bond acceptors (Lipinski definition) is 3. The summed E-state index contributed by atoms with van der Waals surface area (Å²) in [6.07, 6.45) is 0. The van der Waals surface area contributed by atoms with Crippen molar-refractivity contribution in [3.63, 3.8) is 0 Å². The highest BCUT2D eigenvalue weighted by molar-refractivity contribution is 5.85. The number of halogens is 1. The highest BCUT2D eigenvalue weighted by Crippen LogP contribution is 1.75. The van der Waals surface area contributed by atoms with Gasteiger partial charge in [-0.1, -0.05) is 0 Å². The van der Waals surface area contributed by atoms with E-state index >= 15 is 0 Å². The largest absolute Gasteiger partial charge is 0.353 e. The second kappa shape index (κ2) is 6.39. The lowest BCUT2D eigenvalue weighted by Gasteiger charge is -2.08. The van der Waals surface area contributed by atoms with Gasteiger partial charge in [-0.15, -0.1) is 12.4 Å². The molecular weight excluding hydrogens is 166 g/mol. The first-order valence-corrected chi connectivity index (χ1v) is 3.33. The van der Waals surface area contributed by atoms with Gasteiger partial charge in [0.15, 0.2) is 0 Å². The molecule has 0 aliphatic heterocycles. The van der Waals surface area contributed by atoms with Gasteiger partial charge in [0.05, 0.1) is 6.04 Å². The second-order valence-corrected chi connectivity index (χ2v) is 2.51. The van der Waals surface area contributed by atoms with Crippen LogP contribution in [0.5, 0.6) is 0 Å². The van der Waals surface area contributed by atoms with E-state index in [0.29, 0.717) is 6.54 Å². The zero-order valence-corrected chi connectivity index (χ0v) is 7.65. The molecule has 2 unspecified atom stereocenters. The first-order chi connectivity index (χ1) is 4.54. The lowest BCUT2D eigenvalue weighted by molar-refractivity contribution is -0.122. The fourth-order valence-electron chi connectivity index (χ4n) is 0.423. The Kier molecular flexibility index (Phi) is 7.72. The van der Waals surface area contributed by atoms with E-state index in [1.165, 1.54) is 0 Å². The van der Waals surface area contributed by atoms with Crippen LogP contribution in [0.15, 0.2) is 0 Å². The Morgan fingerprint density at radius 2 is 1.91 bits per heavy atom. The van der Waals surface area contributed by atoms with Crippen molar-refractivity contribution in [2.45, 2.75) is 25.9 Å². The molecule has 11 heavy (non-hydrogen) atoms. The van der Waals surface area contributed by atoms with Crippen LogP contribution in [0, 0.1) is 0 Å². The average Bonchev–Trinajstić information content (AvgIpc) is 1.82. The summed E-state index contributed by atoms with van der Waals surface area (Å²) >= 11 is 0. The number of carbonyl (C=O) groups is 1. The number of rotatable bonds is 3. The van der Waals surface area contributed by atoms with Crippen LogP contribution >= 0.6 is 12.4 Å². The van der Waals surface area contributed by atoms with Crippen molar-refractivity contribution in [3.8, 4) is 0 Å². The van der Waals surface area contributed by atoms with E-state index in [0.717, 1.165) is 0 Å². The fourth-order valence-corrected chi connectivity index (χ4v) is 0.423. The molecule has 0 radical (unpaired) electrons. The van der Waals surface area contributed by atoms with Gasteiger partial charge >= 0.3 is 0 Å². The van der Waals surface area contributed by atoms with Crippen LogP contribution in [0.4, 0.5) is 0 Å². The molecule has 68 valence electrons. The highest BCUT2D eigenvalue weighted by Gasteiger charge is 2.05. The minimum atomic E-state index is -0.446. The number of nitrogens with one attached hydrogen (secondary N) is 1. The summed E-state index contributed by atoms with van der Waals surface area (Å²) in [4.78, 5) is 10.8. The van der Waals surface area contributed by atoms with Gasteiger partial charge in [-0.05, 0) is 13.8 Å². The second-order valence-electron chi connectivity index (χ2n) is 2.51. The Bertz CT molecular complexity index is 116. The summed E-state index contributed by atoms with van der Waals surface area (Å²) < 4.78 is 0. The van der Waals surface area contributed by atoms with Gasteiger partial charge in [-0.25, -0.2) is 0 Å². The molecule has 0 saturated carbocycles. The monoisotopic (exact) mass is 181 g/mol. The van der Waals surface area contributed by atoms with Gasteiger partial charge in [-0.3, -0.25) is 4.79 Å². The fraction of sp³-hybridized carbons (Fsp3) is 0.833. The smallest absolute Gasteiger partial charge is 0.236 e. The van der Waals surface area contributed by atoms with Crippen molar-refractivity contribution in [1.29, 1.82) is 0 Å². The number of nitrogens with two attached hydrogens (primary N) is 2. The number of hydrogen-bond donors (Lipinski definition) is 3. The van der Waals surface area contributed by atoms with Gasteiger partial charge in [0.25, 0.3) is 0 Å². The van der Waals surface area contributed by atoms with Crippen LogP contribution in [0.3, 0.4) is 0 Å². The highest BCUT2D eigenvalue weighted by atomic mass is 35.5. The first-order valence-electron chi connectivity index (χ1n) is 3.33. The maximum absolute atomic E-state index is 10.8. The molecule has 4 nitrogen and oxygen atoms in total. The minimum Gasteiger partial charge on any atom is -0.353 e. The van der Waals surface area contributed by atoms with E-state index in [2.05, 4.69) is 5.32 Å². The van der Waals surface area contributed by atoms with Crippen LogP contribution in [0.1, 0.15) is 13.8 Å². The third-order valence-electron chi connectivity index (χ3n) is 1.01. The predicted octanol–water partition coefficient (Wildman–Crippen LogP) is -0.781. The molecule has 5 N–H and O–H groups in total. The van der Waals surface area contributed by atoms with Gasteiger partial charge < -0.3 is 16.8 Å². The molecule has 0 aromatic carbocycles. The summed E-state index contributed by atoms with van der Waals surface area (Å²) in [5.74, 6) is -0.155. The Labute approximate surface area is 73.1 Å². The van der Waals surface area contributed by atoms with Gasteiger partial charge in [0.2, 0.25) is 5.91 Å². The van der Waals surface area contributed by atoms with Crippen molar-refractivity contribution >= 4 is 18.3 Å². The summed E-state index contributed by atoms with van der Waals surface area (Å²) in [6.45, 7) is 3.94. The zero-order chi connectivity index (χ0) is 8.15. The van der Waals surface area contributed by atoms with Gasteiger partial charge in [0, 0.05) is 12.6 Å². The minimum absolute atomic E-state index is 0. The average molecular weight is 182 g/mol. The van der Waals surface area contributed by atoms with Crippen LogP contribution in [0.2, 0.25) is 0 Å². The normalized spacial score (nSPS) is 14.5. The molecule has 1 amide bonds. The lowest BCUT2D eigenvalue weighted by atomic mass is 10.3. The summed E-state index contributed by atoms with van der Waals surface area (Å²) in [7, 11) is 0. The molecule has 0 spiro atoms. The molecule has 0 fully saturated rings. The van der Waals surface area contributed by atoms with E-state index in [1.807, 2.05) is 6.92 Å². The van der Waals surface area contributed by atoms with Crippen molar-refractivity contribution < 1.29 is 4.79 Å². The molecule has 0 aromatic rings. The summed E-state index contributed by atoms with van der Waals surface area (Å²) in [6, 6.07) is -0.457. The molecular formula is C6H16ClN3O. The van der Waals surface area contributed by atoms with E-state index in [4.69, 9.17) is 11.5 Å². The molecule has 0 aromatic heterocycles. The number of amides is 1. The third kappa shape index (κ3) is 7.58. The molecule has 0 aliphatic rings. The molecule has 0 rings (SSSR count). The van der Waals surface area contributed by atoms with Crippen molar-refractivity contribution in [1.82, 2.24) is 5.32 Å². The van der Waals surface area contributed by atoms with Crippen LogP contribution in [-0.2, 0) is 4.79 Å². The molecule has 0 aliphatic carbocycles. The quantitative estimate of drug-likeness (QED) is 0.534. The van der Waals surface area contributed by atoms with Crippen molar-refractivity contribution in [2.75, 3.05) is 6.54 Å². The molecule has 0 bridgehead atoms. The van der Waals surface area contributed by atoms with E-state index < -0.39 is 6.04 Å². The molecule has 5 heteroatoms. The molecule has 0 heterocycles. The SMILES string of the molecule is CC(N)CNC(=O)C(C)N.Cl. The number of carbonyl (C=O) groups excluding carboxylic acids is 1. The summed E-state index contributed by atoms with van der Waals surface area (Å²) in [5.41, 5.74) is 10.7. The van der Waals surface area contributed by atoms with E-state index in [9.17, 15) is 4.79 Å². The molecule has 2 atom stereocenters. The maximum Gasteiger partial charge on any atom is 0.236 e. The zero-order valence-electron chi connectivity index (χ0n) is 6.83. The Hall–Kier alpha value is -0.320. The topological polar surface area (TPSA) is 81.1 Å². The van der Waals surface area contributed by atoms with Crippen LogP contribution in [0.25, 0.3) is 0 Å². The lowest BCUT2D eigenvalue weighted by Crippen LogP contribution is -2.43. The maximum atomic E-state index is 10.8. The van der Waals surface area contributed by atoms with Crippen LogP contribution < -0.4 is 16.8 Å².